The van der Waals surface area contributed by atoms with Gasteiger partial charge in [0.25, 0.3) is 0 Å². The Balaban J connectivity index is 0.00000300. The average molecular weight is 422 g/mol. The molecule has 1 aromatic rings. The lowest BCUT2D eigenvalue weighted by molar-refractivity contribution is -0.123. The van der Waals surface area contributed by atoms with E-state index in [-0.39, 0.29) is 18.3 Å². The number of hydrogen-bond donors (Lipinski definition) is 0. The van der Waals surface area contributed by atoms with Crippen LogP contribution in [0.25, 0.3) is 0 Å². The summed E-state index contributed by atoms with van der Waals surface area (Å²) < 4.78 is 0. The molecule has 29 heavy (non-hydrogen) atoms. The van der Waals surface area contributed by atoms with Crippen LogP contribution in [-0.4, -0.2) is 67.9 Å². The zero-order chi connectivity index (χ0) is 20.1. The van der Waals surface area contributed by atoms with Crippen LogP contribution in [0.2, 0.25) is 0 Å². The molecule has 0 N–H and O–H groups in total. The summed E-state index contributed by atoms with van der Waals surface area (Å²) in [5.41, 5.74) is 4.11. The molecule has 0 aromatic heterocycles. The summed E-state index contributed by atoms with van der Waals surface area (Å²) in [7, 11) is 0. The average Bonchev–Trinajstić information content (AvgIpc) is 2.67. The lowest BCUT2D eigenvalue weighted by Gasteiger charge is -2.38. The minimum Gasteiger partial charge on any atom is -0.369 e. The standard InChI is InChI=1S/C24H39N3O.ClH/c1-19(2)24(28)18-26-9-6-22(7-10-26)5-8-25-11-13-27(14-12-25)23-16-20(3)15-21(4)17-23;/h15-17,19,22H,5-14,18H2,1-4H3;1H. The van der Waals surface area contributed by atoms with Crippen LogP contribution in [-0.2, 0) is 4.79 Å². The van der Waals surface area contributed by atoms with Crippen LogP contribution in [0.3, 0.4) is 0 Å². The summed E-state index contributed by atoms with van der Waals surface area (Å²) in [6.45, 7) is 17.1. The molecule has 5 heteroatoms. The van der Waals surface area contributed by atoms with E-state index in [9.17, 15) is 4.79 Å². The molecule has 0 bridgehead atoms. The van der Waals surface area contributed by atoms with E-state index in [2.05, 4.69) is 46.7 Å². The van der Waals surface area contributed by atoms with E-state index in [0.29, 0.717) is 12.3 Å². The zero-order valence-corrected chi connectivity index (χ0v) is 19.6. The van der Waals surface area contributed by atoms with Crippen molar-refractivity contribution < 1.29 is 4.79 Å². The van der Waals surface area contributed by atoms with Gasteiger partial charge in [-0.05, 0) is 81.9 Å². The molecular weight excluding hydrogens is 382 g/mol. The fourth-order valence-corrected chi connectivity index (χ4v) is 4.56. The fraction of sp³-hybridized carbons (Fsp3) is 0.708. The monoisotopic (exact) mass is 421 g/mol. The summed E-state index contributed by atoms with van der Waals surface area (Å²) in [4.78, 5) is 19.5. The molecular formula is C24H40ClN3O. The maximum atomic E-state index is 11.9. The van der Waals surface area contributed by atoms with Crippen LogP contribution in [0.5, 0.6) is 0 Å². The highest BCUT2D eigenvalue weighted by molar-refractivity contribution is 5.85. The van der Waals surface area contributed by atoms with E-state index in [0.717, 1.165) is 32.1 Å². The quantitative estimate of drug-likeness (QED) is 0.660. The second kappa shape index (κ2) is 11.3. The number of nitrogens with zero attached hydrogens (tertiary/aromatic N) is 3. The predicted molar refractivity (Wildman–Crippen MR) is 125 cm³/mol. The molecule has 0 radical (unpaired) electrons. The van der Waals surface area contributed by atoms with Gasteiger partial charge in [-0.25, -0.2) is 0 Å². The molecule has 0 aliphatic carbocycles. The lowest BCUT2D eigenvalue weighted by Crippen LogP contribution is -2.47. The Bertz CT molecular complexity index is 627. The minimum atomic E-state index is 0. The number of likely N-dealkylation sites (tertiary alicyclic amines) is 1. The number of Topliss-reactive ketones (excluding diaryl/α,β-unsaturated/α-hetero) is 1. The Labute approximate surface area is 184 Å². The number of aryl methyl sites for hydroxylation is 2. The van der Waals surface area contributed by atoms with Gasteiger partial charge in [0.05, 0.1) is 6.54 Å². The van der Waals surface area contributed by atoms with Crippen LogP contribution < -0.4 is 4.90 Å². The summed E-state index contributed by atoms with van der Waals surface area (Å²) in [5, 5.41) is 0. The van der Waals surface area contributed by atoms with Crippen molar-refractivity contribution in [3.8, 4) is 0 Å². The number of ketones is 1. The molecule has 2 saturated heterocycles. The molecule has 2 aliphatic rings. The van der Waals surface area contributed by atoms with Crippen molar-refractivity contribution in [2.24, 2.45) is 11.8 Å². The third-order valence-corrected chi connectivity index (χ3v) is 6.53. The first-order valence-corrected chi connectivity index (χ1v) is 11.2. The molecule has 1 aromatic carbocycles. The van der Waals surface area contributed by atoms with Gasteiger partial charge in [0, 0.05) is 37.8 Å². The van der Waals surface area contributed by atoms with Crippen LogP contribution in [0.15, 0.2) is 18.2 Å². The van der Waals surface area contributed by atoms with Crippen molar-refractivity contribution in [2.75, 3.05) is 57.3 Å². The van der Waals surface area contributed by atoms with E-state index in [4.69, 9.17) is 0 Å². The van der Waals surface area contributed by atoms with Crippen LogP contribution in [0.1, 0.15) is 44.2 Å². The van der Waals surface area contributed by atoms with Crippen molar-refractivity contribution in [1.82, 2.24) is 9.80 Å². The lowest BCUT2D eigenvalue weighted by atomic mass is 9.93. The Morgan fingerprint density at radius 3 is 2.07 bits per heavy atom. The van der Waals surface area contributed by atoms with Crippen LogP contribution >= 0.6 is 12.4 Å². The number of piperazine rings is 1. The normalized spacial score (nSPS) is 19.4. The van der Waals surface area contributed by atoms with Gasteiger partial charge in [-0.1, -0.05) is 19.9 Å². The molecule has 0 atom stereocenters. The molecule has 2 aliphatic heterocycles. The molecule has 0 amide bonds. The largest absolute Gasteiger partial charge is 0.369 e. The van der Waals surface area contributed by atoms with Gasteiger partial charge >= 0.3 is 0 Å². The Morgan fingerprint density at radius 2 is 1.52 bits per heavy atom. The van der Waals surface area contributed by atoms with E-state index < -0.39 is 0 Å². The SMILES string of the molecule is Cc1cc(C)cc(N2CCN(CCC3CCN(CC(=O)C(C)C)CC3)CC2)c1.Cl. The van der Waals surface area contributed by atoms with Crippen molar-refractivity contribution in [1.29, 1.82) is 0 Å². The van der Waals surface area contributed by atoms with E-state index >= 15 is 0 Å². The maximum absolute atomic E-state index is 11.9. The highest BCUT2D eigenvalue weighted by Gasteiger charge is 2.23. The molecule has 0 spiro atoms. The van der Waals surface area contributed by atoms with Gasteiger partial charge in [-0.3, -0.25) is 14.6 Å². The van der Waals surface area contributed by atoms with Crippen LogP contribution in [0.4, 0.5) is 5.69 Å². The zero-order valence-electron chi connectivity index (χ0n) is 18.8. The number of piperidine rings is 1. The fourth-order valence-electron chi connectivity index (χ4n) is 4.56. The Morgan fingerprint density at radius 1 is 0.931 bits per heavy atom. The smallest absolute Gasteiger partial charge is 0.149 e. The van der Waals surface area contributed by atoms with Crippen LogP contribution in [0, 0.1) is 25.7 Å². The van der Waals surface area contributed by atoms with Crippen molar-refractivity contribution in [3.05, 3.63) is 29.3 Å². The van der Waals surface area contributed by atoms with Crippen molar-refractivity contribution >= 4 is 23.9 Å². The van der Waals surface area contributed by atoms with E-state index in [1.807, 2.05) is 13.8 Å². The number of anilines is 1. The number of carbonyl (C=O) groups is 1. The van der Waals surface area contributed by atoms with E-state index in [1.165, 1.54) is 55.7 Å². The molecule has 2 fully saturated rings. The third-order valence-electron chi connectivity index (χ3n) is 6.53. The first kappa shape index (κ1) is 24.2. The first-order valence-electron chi connectivity index (χ1n) is 11.2. The summed E-state index contributed by atoms with van der Waals surface area (Å²) in [6, 6.07) is 6.89. The number of benzene rings is 1. The number of rotatable bonds is 7. The number of carbonyl (C=O) groups excluding carboxylic acids is 1. The highest BCUT2D eigenvalue weighted by Crippen LogP contribution is 2.23. The maximum Gasteiger partial charge on any atom is 0.149 e. The first-order chi connectivity index (χ1) is 13.4. The van der Waals surface area contributed by atoms with Gasteiger partial charge in [0.2, 0.25) is 0 Å². The Kier molecular flexibility index (Phi) is 9.45. The molecule has 4 nitrogen and oxygen atoms in total. The second-order valence-corrected chi connectivity index (χ2v) is 9.30. The summed E-state index contributed by atoms with van der Waals surface area (Å²) in [5.74, 6) is 1.39. The molecule has 0 saturated carbocycles. The second-order valence-electron chi connectivity index (χ2n) is 9.30. The van der Waals surface area contributed by atoms with Gasteiger partial charge < -0.3 is 4.90 Å². The van der Waals surface area contributed by atoms with Gasteiger partial charge in [-0.2, -0.15) is 0 Å². The van der Waals surface area contributed by atoms with Crippen molar-refractivity contribution in [3.63, 3.8) is 0 Å². The topological polar surface area (TPSA) is 26.8 Å². The highest BCUT2D eigenvalue weighted by atomic mass is 35.5. The summed E-state index contributed by atoms with van der Waals surface area (Å²) in [6.07, 6.45) is 3.83. The Hall–Kier alpha value is -1.10. The van der Waals surface area contributed by atoms with Gasteiger partial charge in [-0.15, -0.1) is 12.4 Å². The molecule has 164 valence electrons. The molecule has 2 heterocycles. The number of halogens is 1. The minimum absolute atomic E-state index is 0. The van der Waals surface area contributed by atoms with E-state index in [1.54, 1.807) is 0 Å². The molecule has 3 rings (SSSR count). The number of hydrogen-bond acceptors (Lipinski definition) is 4. The van der Waals surface area contributed by atoms with Gasteiger partial charge in [0.15, 0.2) is 0 Å². The predicted octanol–water partition coefficient (Wildman–Crippen LogP) is 4.17. The molecule has 0 unspecified atom stereocenters. The summed E-state index contributed by atoms with van der Waals surface area (Å²) >= 11 is 0. The van der Waals surface area contributed by atoms with Gasteiger partial charge in [0.1, 0.15) is 5.78 Å². The third kappa shape index (κ3) is 7.27. The van der Waals surface area contributed by atoms with Crippen molar-refractivity contribution in [2.45, 2.75) is 47.0 Å².